The predicted octanol–water partition coefficient (Wildman–Crippen LogP) is 3.67. The quantitative estimate of drug-likeness (QED) is 0.816. The van der Waals surface area contributed by atoms with Crippen molar-refractivity contribution in [2.75, 3.05) is 24.0 Å². The molecule has 0 aliphatic heterocycles. The Morgan fingerprint density at radius 1 is 1.28 bits per heavy atom. The fourth-order valence-electron chi connectivity index (χ4n) is 1.93. The van der Waals surface area contributed by atoms with Gasteiger partial charge < -0.3 is 10.6 Å². The van der Waals surface area contributed by atoms with Gasteiger partial charge in [0, 0.05) is 24.8 Å². The van der Waals surface area contributed by atoms with Crippen LogP contribution in [0.2, 0.25) is 0 Å². The summed E-state index contributed by atoms with van der Waals surface area (Å²) in [5, 5.41) is 0. The van der Waals surface area contributed by atoms with Gasteiger partial charge in [0.15, 0.2) is 0 Å². The summed E-state index contributed by atoms with van der Waals surface area (Å²) in [7, 11) is 2.17. The summed E-state index contributed by atoms with van der Waals surface area (Å²) >= 11 is 1.91. The lowest BCUT2D eigenvalue weighted by Gasteiger charge is -2.27. The van der Waals surface area contributed by atoms with Crippen molar-refractivity contribution < 1.29 is 0 Å². The number of hydrogen-bond acceptors (Lipinski definition) is 3. The van der Waals surface area contributed by atoms with Crippen molar-refractivity contribution in [3.8, 4) is 0 Å². The molecule has 0 aromatic heterocycles. The van der Waals surface area contributed by atoms with Crippen LogP contribution >= 0.6 is 11.8 Å². The lowest BCUT2D eigenvalue weighted by atomic mass is 10.0. The van der Waals surface area contributed by atoms with Crippen LogP contribution in [0, 0.1) is 0 Å². The Morgan fingerprint density at radius 3 is 2.39 bits per heavy atom. The van der Waals surface area contributed by atoms with E-state index in [0.29, 0.717) is 6.04 Å². The lowest BCUT2D eigenvalue weighted by Crippen LogP contribution is -2.29. The maximum atomic E-state index is 6.03. The highest BCUT2D eigenvalue weighted by Gasteiger charge is 2.10. The minimum absolute atomic E-state index is 0.165. The fraction of sp³-hybridized carbons (Fsp3) is 0.600. The molecule has 102 valence electrons. The second kappa shape index (κ2) is 7.70. The average Bonchev–Trinajstić information content (AvgIpc) is 2.43. The van der Waals surface area contributed by atoms with E-state index in [9.17, 15) is 0 Å². The van der Waals surface area contributed by atoms with Crippen LogP contribution in [0.1, 0.15) is 38.3 Å². The minimum Gasteiger partial charge on any atom is -0.372 e. The molecule has 1 aromatic carbocycles. The van der Waals surface area contributed by atoms with Crippen LogP contribution in [0.4, 0.5) is 5.69 Å². The van der Waals surface area contributed by atoms with Crippen molar-refractivity contribution >= 4 is 17.4 Å². The molecule has 2 unspecified atom stereocenters. The fourth-order valence-corrected chi connectivity index (χ4v) is 2.51. The molecule has 0 saturated heterocycles. The summed E-state index contributed by atoms with van der Waals surface area (Å²) in [6.45, 7) is 4.40. The first kappa shape index (κ1) is 15.4. The molecule has 2 N–H and O–H groups in total. The van der Waals surface area contributed by atoms with E-state index < -0.39 is 0 Å². The number of rotatable bonds is 7. The second-order valence-electron chi connectivity index (χ2n) is 4.85. The van der Waals surface area contributed by atoms with Crippen LogP contribution in [0.25, 0.3) is 0 Å². The van der Waals surface area contributed by atoms with E-state index in [4.69, 9.17) is 5.73 Å². The zero-order chi connectivity index (χ0) is 13.5. The summed E-state index contributed by atoms with van der Waals surface area (Å²) in [5.41, 5.74) is 8.53. The first-order chi connectivity index (χ1) is 8.60. The molecule has 1 rings (SSSR count). The Balaban J connectivity index is 2.66. The van der Waals surface area contributed by atoms with E-state index in [-0.39, 0.29) is 6.04 Å². The standard InChI is InChI=1S/C15H26N2S/c1-5-15(16)13-6-8-14(9-7-13)17(3)12(2)10-11-18-4/h6-9,12,15H,5,10-11,16H2,1-4H3. The average molecular weight is 266 g/mol. The molecule has 0 bridgehead atoms. The topological polar surface area (TPSA) is 29.3 Å². The van der Waals surface area contributed by atoms with Gasteiger partial charge in [0.25, 0.3) is 0 Å². The van der Waals surface area contributed by atoms with E-state index in [0.717, 1.165) is 6.42 Å². The molecule has 0 heterocycles. The first-order valence-electron chi connectivity index (χ1n) is 6.67. The monoisotopic (exact) mass is 266 g/mol. The Labute approximate surface area is 116 Å². The summed E-state index contributed by atoms with van der Waals surface area (Å²) in [6.07, 6.45) is 4.36. The highest BCUT2D eigenvalue weighted by atomic mass is 32.2. The molecule has 0 aliphatic carbocycles. The summed E-state index contributed by atoms with van der Waals surface area (Å²) in [4.78, 5) is 2.34. The lowest BCUT2D eigenvalue weighted by molar-refractivity contribution is 0.668. The Kier molecular flexibility index (Phi) is 6.58. The molecule has 0 radical (unpaired) electrons. The first-order valence-corrected chi connectivity index (χ1v) is 8.06. The van der Waals surface area contributed by atoms with Gasteiger partial charge in [-0.25, -0.2) is 0 Å². The predicted molar refractivity (Wildman–Crippen MR) is 84.5 cm³/mol. The molecule has 0 fully saturated rings. The number of nitrogens with two attached hydrogens (primary N) is 1. The van der Waals surface area contributed by atoms with E-state index in [2.05, 4.69) is 56.3 Å². The van der Waals surface area contributed by atoms with Gasteiger partial charge in [0.2, 0.25) is 0 Å². The van der Waals surface area contributed by atoms with E-state index in [1.807, 2.05) is 11.8 Å². The van der Waals surface area contributed by atoms with Crippen LogP contribution < -0.4 is 10.6 Å². The van der Waals surface area contributed by atoms with Crippen LogP contribution in [-0.2, 0) is 0 Å². The van der Waals surface area contributed by atoms with Gasteiger partial charge in [-0.05, 0) is 49.5 Å². The van der Waals surface area contributed by atoms with Crippen molar-refractivity contribution in [2.24, 2.45) is 5.73 Å². The largest absolute Gasteiger partial charge is 0.372 e. The third kappa shape index (κ3) is 4.21. The molecule has 0 amide bonds. The molecule has 3 heteroatoms. The smallest absolute Gasteiger partial charge is 0.0366 e. The second-order valence-corrected chi connectivity index (χ2v) is 5.83. The number of anilines is 1. The van der Waals surface area contributed by atoms with Gasteiger partial charge in [-0.3, -0.25) is 0 Å². The molecule has 0 spiro atoms. The van der Waals surface area contributed by atoms with E-state index in [1.165, 1.54) is 23.4 Å². The Bertz CT molecular complexity index is 337. The molecule has 2 nitrogen and oxygen atoms in total. The van der Waals surface area contributed by atoms with Crippen LogP contribution in [-0.4, -0.2) is 25.1 Å². The van der Waals surface area contributed by atoms with Crippen LogP contribution in [0.5, 0.6) is 0 Å². The van der Waals surface area contributed by atoms with E-state index >= 15 is 0 Å². The van der Waals surface area contributed by atoms with Gasteiger partial charge in [-0.2, -0.15) is 11.8 Å². The highest BCUT2D eigenvalue weighted by molar-refractivity contribution is 7.98. The van der Waals surface area contributed by atoms with Gasteiger partial charge in [-0.1, -0.05) is 19.1 Å². The number of thioether (sulfide) groups is 1. The van der Waals surface area contributed by atoms with Crippen molar-refractivity contribution in [3.05, 3.63) is 29.8 Å². The van der Waals surface area contributed by atoms with Crippen molar-refractivity contribution in [2.45, 2.75) is 38.8 Å². The SMILES string of the molecule is CCC(N)c1ccc(N(C)C(C)CCSC)cc1. The molecule has 18 heavy (non-hydrogen) atoms. The van der Waals surface area contributed by atoms with Crippen molar-refractivity contribution in [3.63, 3.8) is 0 Å². The summed E-state index contributed by atoms with van der Waals surface area (Å²) in [5.74, 6) is 1.21. The minimum atomic E-state index is 0.165. The summed E-state index contributed by atoms with van der Waals surface area (Å²) in [6, 6.07) is 9.41. The zero-order valence-electron chi connectivity index (χ0n) is 12.0. The van der Waals surface area contributed by atoms with Crippen LogP contribution in [0.3, 0.4) is 0 Å². The van der Waals surface area contributed by atoms with Gasteiger partial charge in [-0.15, -0.1) is 0 Å². The van der Waals surface area contributed by atoms with Gasteiger partial charge in [0.1, 0.15) is 0 Å². The highest BCUT2D eigenvalue weighted by Crippen LogP contribution is 2.21. The molecular weight excluding hydrogens is 240 g/mol. The normalized spacial score (nSPS) is 14.3. The zero-order valence-corrected chi connectivity index (χ0v) is 12.8. The van der Waals surface area contributed by atoms with Gasteiger partial charge >= 0.3 is 0 Å². The number of hydrogen-bond donors (Lipinski definition) is 1. The third-order valence-electron chi connectivity index (χ3n) is 3.57. The molecular formula is C15H26N2S. The number of nitrogens with zero attached hydrogens (tertiary/aromatic N) is 1. The maximum Gasteiger partial charge on any atom is 0.0366 e. The molecule has 1 aromatic rings. The van der Waals surface area contributed by atoms with Crippen molar-refractivity contribution in [1.29, 1.82) is 0 Å². The van der Waals surface area contributed by atoms with Gasteiger partial charge in [0.05, 0.1) is 0 Å². The third-order valence-corrected chi connectivity index (χ3v) is 4.21. The maximum absolute atomic E-state index is 6.03. The Morgan fingerprint density at radius 2 is 1.89 bits per heavy atom. The van der Waals surface area contributed by atoms with Crippen LogP contribution in [0.15, 0.2) is 24.3 Å². The molecule has 0 aliphatic rings. The Hall–Kier alpha value is -0.670. The summed E-state index contributed by atoms with van der Waals surface area (Å²) < 4.78 is 0. The number of benzene rings is 1. The molecule has 0 saturated carbocycles. The van der Waals surface area contributed by atoms with E-state index in [1.54, 1.807) is 0 Å². The van der Waals surface area contributed by atoms with Crippen molar-refractivity contribution in [1.82, 2.24) is 0 Å². The molecule has 2 atom stereocenters.